The molecule has 8 heteroatoms. The zero-order valence-electron chi connectivity index (χ0n) is 22.6. The molecule has 42 heavy (non-hydrogen) atoms. The number of hydrogen-bond donors (Lipinski definition) is 2. The Hall–Kier alpha value is -3.32. The summed E-state index contributed by atoms with van der Waals surface area (Å²) < 4.78 is 0. The van der Waals surface area contributed by atoms with Gasteiger partial charge in [-0.15, -0.1) is 0 Å². The second-order valence-electron chi connectivity index (χ2n) is 9.58. The van der Waals surface area contributed by atoms with Gasteiger partial charge in [-0.25, -0.2) is 0 Å². The van der Waals surface area contributed by atoms with Gasteiger partial charge in [0.2, 0.25) is 0 Å². The molecular formula is C34H28N4P2Se2. The molecule has 4 aromatic carbocycles. The van der Waals surface area contributed by atoms with Gasteiger partial charge in [-0.2, -0.15) is 0 Å². The van der Waals surface area contributed by atoms with Crippen LogP contribution in [0.15, 0.2) is 158 Å². The molecule has 6 aromatic rings. The third kappa shape index (κ3) is 5.94. The number of anilines is 2. The van der Waals surface area contributed by atoms with Crippen molar-refractivity contribution in [2.75, 3.05) is 10.2 Å². The van der Waals surface area contributed by atoms with Crippen molar-refractivity contribution in [3.8, 4) is 11.4 Å². The van der Waals surface area contributed by atoms with Gasteiger partial charge in [0.15, 0.2) is 0 Å². The summed E-state index contributed by atoms with van der Waals surface area (Å²) >= 11 is 7.17. The Balaban J connectivity index is 1.46. The van der Waals surface area contributed by atoms with Gasteiger partial charge in [0.1, 0.15) is 0 Å². The van der Waals surface area contributed by atoms with Crippen LogP contribution >= 0.6 is 11.3 Å². The first-order chi connectivity index (χ1) is 20.6. The maximum absolute atomic E-state index is 4.90. The molecule has 2 N–H and O–H groups in total. The Morgan fingerprint density at radius 2 is 0.667 bits per heavy atom. The first-order valence-electron chi connectivity index (χ1n) is 13.5. The molecule has 4 nitrogen and oxygen atoms in total. The van der Waals surface area contributed by atoms with Gasteiger partial charge in [-0.05, 0) is 0 Å². The Bertz CT molecular complexity index is 1660. The Morgan fingerprint density at radius 3 is 0.952 bits per heavy atom. The Morgan fingerprint density at radius 1 is 0.381 bits per heavy atom. The standard InChI is InChI=1S/C34H28N4P2Se2/c41-39(27-15-5-1-6-16-27,28-17-7-2-8-18-28)37-31-23-13-25-35-33(31)34-32(24-14-26-36-34)38-40(42,29-19-9-3-10-20-29)30-21-11-4-12-22-30/h1-26H,(H,37,41)(H,38,42). The maximum atomic E-state index is 4.90. The van der Waals surface area contributed by atoms with E-state index in [1.165, 1.54) is 21.2 Å². The molecule has 0 unspecified atom stereocenters. The van der Waals surface area contributed by atoms with Crippen LogP contribution in [0.2, 0.25) is 0 Å². The minimum atomic E-state index is -2.16. The summed E-state index contributed by atoms with van der Waals surface area (Å²) in [5.74, 6) is 0. The molecule has 2 aromatic heterocycles. The van der Waals surface area contributed by atoms with E-state index in [0.29, 0.717) is 0 Å². The molecule has 0 amide bonds. The zero-order valence-corrected chi connectivity index (χ0v) is 27.8. The molecule has 0 spiro atoms. The minimum absolute atomic E-state index is 0.791. The average molecular weight is 712 g/mol. The predicted octanol–water partition coefficient (Wildman–Crippen LogP) is 6.30. The number of rotatable bonds is 9. The van der Waals surface area contributed by atoms with E-state index in [1.54, 1.807) is 0 Å². The van der Waals surface area contributed by atoms with Crippen LogP contribution in [0.1, 0.15) is 0 Å². The molecule has 0 aliphatic heterocycles. The van der Waals surface area contributed by atoms with Gasteiger partial charge in [-0.1, -0.05) is 0 Å². The van der Waals surface area contributed by atoms with E-state index in [-0.39, 0.29) is 0 Å². The van der Waals surface area contributed by atoms with Crippen molar-refractivity contribution in [2.45, 2.75) is 0 Å². The quantitative estimate of drug-likeness (QED) is 0.137. The fourth-order valence-electron chi connectivity index (χ4n) is 4.82. The van der Waals surface area contributed by atoms with Gasteiger partial charge >= 0.3 is 264 Å². The number of nitrogens with one attached hydrogen (secondary N) is 2. The molecular weight excluding hydrogens is 684 g/mol. The second kappa shape index (κ2) is 12.9. The SMILES string of the molecule is [Se]=P(Nc1cccnc1-c1ncccc1NP(=[Se])(c1ccccc1)c1ccccc1)(c1ccccc1)c1ccccc1. The Kier molecular flexibility index (Phi) is 8.84. The summed E-state index contributed by atoms with van der Waals surface area (Å²) in [6.45, 7) is 0. The molecule has 0 fully saturated rings. The number of aromatic nitrogens is 2. The third-order valence-corrected chi connectivity index (χ3v) is 18.5. The molecule has 0 bridgehead atoms. The van der Waals surface area contributed by atoms with Crippen molar-refractivity contribution in [3.63, 3.8) is 0 Å². The normalized spacial score (nSPS) is 11.5. The number of nitrogens with zero attached hydrogens (tertiary/aromatic N) is 2. The van der Waals surface area contributed by atoms with E-state index in [1.807, 2.05) is 24.5 Å². The molecule has 0 aliphatic rings. The fraction of sp³-hybridized carbons (Fsp3) is 0. The first kappa shape index (κ1) is 28.8. The van der Waals surface area contributed by atoms with E-state index in [9.17, 15) is 0 Å². The van der Waals surface area contributed by atoms with E-state index in [2.05, 4.69) is 174 Å². The average Bonchev–Trinajstić information content (AvgIpc) is 3.07. The van der Waals surface area contributed by atoms with Crippen molar-refractivity contribution in [1.82, 2.24) is 9.97 Å². The van der Waals surface area contributed by atoms with Crippen molar-refractivity contribution in [3.05, 3.63) is 158 Å². The summed E-state index contributed by atoms with van der Waals surface area (Å²) in [5, 5.41) is 12.7. The van der Waals surface area contributed by atoms with Crippen LogP contribution in [-0.4, -0.2) is 40.2 Å². The van der Waals surface area contributed by atoms with Crippen LogP contribution in [-0.2, 0) is 0 Å². The van der Waals surface area contributed by atoms with Crippen molar-refractivity contribution < 1.29 is 0 Å². The molecule has 2 heterocycles. The molecule has 0 radical (unpaired) electrons. The summed E-state index contributed by atoms with van der Waals surface area (Å²) in [5.41, 5.74) is -0.894. The first-order valence-corrected chi connectivity index (χ1v) is 21.5. The fourth-order valence-corrected chi connectivity index (χ4v) is 13.6. The molecule has 206 valence electrons. The van der Waals surface area contributed by atoms with Crippen molar-refractivity contribution >= 4 is 74.1 Å². The topological polar surface area (TPSA) is 49.8 Å². The van der Waals surface area contributed by atoms with E-state index in [4.69, 9.17) is 9.97 Å². The number of pyridine rings is 2. The molecule has 6 rings (SSSR count). The monoisotopic (exact) mass is 714 g/mol. The van der Waals surface area contributed by atoms with Crippen LogP contribution in [0.3, 0.4) is 0 Å². The van der Waals surface area contributed by atoms with E-state index in [0.717, 1.165) is 22.8 Å². The van der Waals surface area contributed by atoms with Gasteiger partial charge < -0.3 is 0 Å². The summed E-state index contributed by atoms with van der Waals surface area (Å²) in [4.78, 5) is 9.80. The summed E-state index contributed by atoms with van der Waals surface area (Å²) in [6, 6.07) is 50.5. The van der Waals surface area contributed by atoms with Crippen LogP contribution in [0, 0.1) is 0 Å². The van der Waals surface area contributed by atoms with E-state index < -0.39 is 11.3 Å². The molecule has 0 aliphatic carbocycles. The van der Waals surface area contributed by atoms with Gasteiger partial charge in [0, 0.05) is 0 Å². The zero-order chi connectivity index (χ0) is 28.8. The van der Waals surface area contributed by atoms with Gasteiger partial charge in [0.25, 0.3) is 0 Å². The van der Waals surface area contributed by atoms with Crippen molar-refractivity contribution in [2.24, 2.45) is 0 Å². The predicted molar refractivity (Wildman–Crippen MR) is 184 cm³/mol. The van der Waals surface area contributed by atoms with Crippen LogP contribution in [0.25, 0.3) is 11.4 Å². The molecule has 0 atom stereocenters. The van der Waals surface area contributed by atoms with E-state index >= 15 is 0 Å². The summed E-state index contributed by atoms with van der Waals surface area (Å²) in [7, 11) is 0. The van der Waals surface area contributed by atoms with Crippen molar-refractivity contribution in [1.29, 1.82) is 0 Å². The van der Waals surface area contributed by atoms with Gasteiger partial charge in [0.05, 0.1) is 0 Å². The van der Waals surface area contributed by atoms with Crippen LogP contribution in [0.5, 0.6) is 0 Å². The van der Waals surface area contributed by atoms with Crippen LogP contribution < -0.4 is 31.4 Å². The Labute approximate surface area is 262 Å². The van der Waals surface area contributed by atoms with Gasteiger partial charge in [-0.3, -0.25) is 0 Å². The number of hydrogen-bond acceptors (Lipinski definition) is 4. The third-order valence-electron chi connectivity index (χ3n) is 6.87. The molecule has 0 saturated heterocycles. The second-order valence-corrected chi connectivity index (χ2v) is 21.4. The summed E-state index contributed by atoms with van der Waals surface area (Å²) in [6.07, 6.45) is 3.66. The molecule has 0 saturated carbocycles. The number of benzene rings is 4. The van der Waals surface area contributed by atoms with Crippen LogP contribution in [0.4, 0.5) is 11.4 Å².